The molecule has 2 atom stereocenters. The number of carbonyl (C=O) groups excluding carboxylic acids is 1. The molecule has 1 fully saturated rings. The van der Waals surface area contributed by atoms with Crippen LogP contribution in [0, 0.1) is 4.77 Å². The number of nitrogens with one attached hydrogen (secondary N) is 1. The van der Waals surface area contributed by atoms with Gasteiger partial charge in [-0.2, -0.15) is 0 Å². The summed E-state index contributed by atoms with van der Waals surface area (Å²) in [7, 11) is 3.23. The summed E-state index contributed by atoms with van der Waals surface area (Å²) in [6.45, 7) is 0. The average Bonchev–Trinajstić information content (AvgIpc) is 2.99. The molecule has 0 amide bonds. The molecular weight excluding hydrogens is 316 g/mol. The summed E-state index contributed by atoms with van der Waals surface area (Å²) in [6, 6.07) is 4.81. The van der Waals surface area contributed by atoms with E-state index in [1.165, 1.54) is 4.57 Å². The monoisotopic (exact) mass is 334 g/mol. The minimum absolute atomic E-state index is 0.0440. The summed E-state index contributed by atoms with van der Waals surface area (Å²) in [5, 5.41) is 0.480. The number of fused-ring (bicyclic) bond motifs is 1. The lowest BCUT2D eigenvalue weighted by molar-refractivity contribution is -0.0206. The van der Waals surface area contributed by atoms with Gasteiger partial charge in [-0.1, -0.05) is 0 Å². The number of methoxy groups -OCH3 is 1. The molecule has 2 unspecified atom stereocenters. The lowest BCUT2D eigenvalue weighted by Gasteiger charge is -2.18. The number of nitrogens with zero attached hydrogens (tertiary/aromatic N) is 1. The fourth-order valence-electron chi connectivity index (χ4n) is 2.94. The second kappa shape index (κ2) is 6.25. The summed E-state index contributed by atoms with van der Waals surface area (Å²) in [6.07, 6.45) is 2.43. The Morgan fingerprint density at radius 3 is 2.83 bits per heavy atom. The second-order valence-electron chi connectivity index (χ2n) is 5.70. The Morgan fingerprint density at radius 2 is 2.09 bits per heavy atom. The average molecular weight is 334 g/mol. The molecule has 0 aliphatic heterocycles. The molecule has 1 aliphatic rings. The van der Waals surface area contributed by atoms with Gasteiger partial charge in [0.25, 0.3) is 5.56 Å². The van der Waals surface area contributed by atoms with E-state index in [1.54, 1.807) is 32.4 Å². The standard InChI is InChI=1S/C16H18N2O4S/c1-18-14(19)10-7-6-9(8-11(10)17-16(18)23)15(20)22-13-5-3-4-12(13)21-2/h6-8,12-13H,3-5H2,1-2H3,(H,17,23). The zero-order valence-corrected chi connectivity index (χ0v) is 13.8. The molecule has 1 aromatic heterocycles. The second-order valence-corrected chi connectivity index (χ2v) is 6.09. The number of esters is 1. The van der Waals surface area contributed by atoms with Crippen LogP contribution in [0.4, 0.5) is 0 Å². The Hall–Kier alpha value is -1.99. The maximum Gasteiger partial charge on any atom is 0.338 e. The van der Waals surface area contributed by atoms with Gasteiger partial charge in [0.1, 0.15) is 6.10 Å². The third-order valence-electron chi connectivity index (χ3n) is 4.29. The molecule has 3 rings (SSSR count). The van der Waals surface area contributed by atoms with Crippen LogP contribution in [0.5, 0.6) is 0 Å². The van der Waals surface area contributed by atoms with Crippen LogP contribution < -0.4 is 5.56 Å². The van der Waals surface area contributed by atoms with Gasteiger partial charge in [0, 0.05) is 14.2 Å². The van der Waals surface area contributed by atoms with Crippen molar-refractivity contribution in [3.8, 4) is 0 Å². The van der Waals surface area contributed by atoms with Crippen molar-refractivity contribution in [2.24, 2.45) is 7.05 Å². The first kappa shape index (κ1) is 15.9. The summed E-state index contributed by atoms with van der Waals surface area (Å²) in [5.74, 6) is -0.416. The summed E-state index contributed by atoms with van der Waals surface area (Å²) < 4.78 is 12.5. The van der Waals surface area contributed by atoms with Crippen LogP contribution in [0.3, 0.4) is 0 Å². The topological polar surface area (TPSA) is 73.3 Å². The Bertz CT molecular complexity index is 870. The third kappa shape index (κ3) is 2.94. The van der Waals surface area contributed by atoms with Crippen LogP contribution in [-0.2, 0) is 16.5 Å². The van der Waals surface area contributed by atoms with Crippen LogP contribution >= 0.6 is 12.2 Å². The van der Waals surface area contributed by atoms with Crippen LogP contribution in [-0.4, -0.2) is 34.8 Å². The minimum atomic E-state index is -0.416. The number of carbonyl (C=O) groups is 1. The van der Waals surface area contributed by atoms with Gasteiger partial charge in [-0.15, -0.1) is 0 Å². The van der Waals surface area contributed by atoms with Crippen molar-refractivity contribution in [1.82, 2.24) is 9.55 Å². The van der Waals surface area contributed by atoms with E-state index in [4.69, 9.17) is 21.7 Å². The van der Waals surface area contributed by atoms with Gasteiger partial charge in [0.05, 0.1) is 22.6 Å². The van der Waals surface area contributed by atoms with E-state index in [1.807, 2.05) is 0 Å². The largest absolute Gasteiger partial charge is 0.456 e. The molecule has 2 aromatic rings. The molecule has 0 saturated heterocycles. The molecule has 1 N–H and O–H groups in total. The lowest BCUT2D eigenvalue weighted by Crippen LogP contribution is -2.27. The summed E-state index contributed by atoms with van der Waals surface area (Å²) in [4.78, 5) is 27.4. The van der Waals surface area contributed by atoms with Crippen molar-refractivity contribution in [1.29, 1.82) is 0 Å². The van der Waals surface area contributed by atoms with Gasteiger partial charge in [0.2, 0.25) is 0 Å². The van der Waals surface area contributed by atoms with Crippen LogP contribution in [0.15, 0.2) is 23.0 Å². The first-order chi connectivity index (χ1) is 11.0. The van der Waals surface area contributed by atoms with Gasteiger partial charge in [-0.25, -0.2) is 4.79 Å². The molecule has 6 nitrogen and oxygen atoms in total. The van der Waals surface area contributed by atoms with Crippen LogP contribution in [0.2, 0.25) is 0 Å². The van der Waals surface area contributed by atoms with E-state index in [0.717, 1.165) is 19.3 Å². The zero-order valence-electron chi connectivity index (χ0n) is 13.0. The molecule has 122 valence electrons. The van der Waals surface area contributed by atoms with Crippen LogP contribution in [0.25, 0.3) is 10.9 Å². The molecular formula is C16H18N2O4S. The summed E-state index contributed by atoms with van der Waals surface area (Å²) in [5.41, 5.74) is 0.722. The van der Waals surface area contributed by atoms with E-state index in [9.17, 15) is 9.59 Å². The fraction of sp³-hybridized carbons (Fsp3) is 0.438. The van der Waals surface area contributed by atoms with Crippen molar-refractivity contribution in [2.45, 2.75) is 31.5 Å². The first-order valence-electron chi connectivity index (χ1n) is 7.48. The van der Waals surface area contributed by atoms with Crippen molar-refractivity contribution >= 4 is 29.1 Å². The van der Waals surface area contributed by atoms with Gasteiger partial charge in [-0.3, -0.25) is 9.36 Å². The number of hydrogen-bond donors (Lipinski definition) is 1. The SMILES string of the molecule is COC1CCCC1OC(=O)c1ccc2c(=O)n(C)c(=S)[nH]c2c1. The minimum Gasteiger partial charge on any atom is -0.456 e. The van der Waals surface area contributed by atoms with E-state index in [2.05, 4.69) is 4.98 Å². The number of rotatable bonds is 3. The number of aromatic amines is 1. The van der Waals surface area contributed by atoms with Crippen LogP contribution in [0.1, 0.15) is 29.6 Å². The zero-order chi connectivity index (χ0) is 16.6. The Morgan fingerprint density at radius 1 is 1.35 bits per heavy atom. The highest BCUT2D eigenvalue weighted by Gasteiger charge is 2.30. The predicted octanol–water partition coefficient (Wildman–Crippen LogP) is 2.32. The predicted molar refractivity (Wildman–Crippen MR) is 88.2 cm³/mol. The van der Waals surface area contributed by atoms with Gasteiger partial charge >= 0.3 is 5.97 Å². The Kier molecular flexibility index (Phi) is 4.32. The Labute approximate surface area is 138 Å². The first-order valence-corrected chi connectivity index (χ1v) is 7.89. The maximum absolute atomic E-state index is 12.3. The molecule has 1 saturated carbocycles. The van der Waals surface area contributed by atoms with Crippen molar-refractivity contribution in [3.05, 3.63) is 38.9 Å². The van der Waals surface area contributed by atoms with E-state index in [0.29, 0.717) is 21.2 Å². The van der Waals surface area contributed by atoms with E-state index in [-0.39, 0.29) is 17.8 Å². The number of hydrogen-bond acceptors (Lipinski definition) is 5. The lowest BCUT2D eigenvalue weighted by atomic mass is 10.1. The fourth-order valence-corrected chi connectivity index (χ4v) is 3.13. The number of H-pyrrole nitrogens is 1. The maximum atomic E-state index is 12.3. The smallest absolute Gasteiger partial charge is 0.338 e. The van der Waals surface area contributed by atoms with Gasteiger partial charge in [0.15, 0.2) is 4.77 Å². The number of ether oxygens (including phenoxy) is 2. The summed E-state index contributed by atoms with van der Waals surface area (Å²) >= 11 is 5.10. The molecule has 0 spiro atoms. The van der Waals surface area contributed by atoms with Gasteiger partial charge in [-0.05, 0) is 49.7 Å². The number of aromatic nitrogens is 2. The Balaban J connectivity index is 1.91. The molecule has 1 heterocycles. The molecule has 0 bridgehead atoms. The quantitative estimate of drug-likeness (QED) is 0.689. The highest BCUT2D eigenvalue weighted by molar-refractivity contribution is 7.71. The van der Waals surface area contributed by atoms with Crippen molar-refractivity contribution in [3.63, 3.8) is 0 Å². The molecule has 23 heavy (non-hydrogen) atoms. The molecule has 1 aromatic carbocycles. The highest BCUT2D eigenvalue weighted by Crippen LogP contribution is 2.25. The normalized spacial score (nSPS) is 20.8. The van der Waals surface area contributed by atoms with Gasteiger partial charge < -0.3 is 14.5 Å². The number of benzene rings is 1. The van der Waals surface area contributed by atoms with Crippen molar-refractivity contribution in [2.75, 3.05) is 7.11 Å². The molecule has 7 heteroatoms. The van der Waals surface area contributed by atoms with Crippen molar-refractivity contribution < 1.29 is 14.3 Å². The highest BCUT2D eigenvalue weighted by atomic mass is 32.1. The molecule has 0 radical (unpaired) electrons. The molecule has 1 aliphatic carbocycles. The third-order valence-corrected chi connectivity index (χ3v) is 4.67. The van der Waals surface area contributed by atoms with E-state index < -0.39 is 5.97 Å². The van der Waals surface area contributed by atoms with E-state index >= 15 is 0 Å².